The number of fused-ring (bicyclic) bond motifs is 1. The molecule has 1 N–H and O–H groups in total. The number of rotatable bonds is 1. The largest absolute Gasteiger partial charge is 0.312 e. The summed E-state index contributed by atoms with van der Waals surface area (Å²) in [6.45, 7) is 1.53. The van der Waals surface area contributed by atoms with Crippen LogP contribution in [0.1, 0.15) is 11.1 Å². The van der Waals surface area contributed by atoms with Gasteiger partial charge in [-0.15, -0.1) is 0 Å². The van der Waals surface area contributed by atoms with E-state index in [1.54, 1.807) is 6.07 Å². The lowest BCUT2D eigenvalue weighted by molar-refractivity contribution is -0.385. The van der Waals surface area contributed by atoms with Gasteiger partial charge in [-0.25, -0.2) is 0 Å². The van der Waals surface area contributed by atoms with Gasteiger partial charge in [-0.05, 0) is 24.6 Å². The first kappa shape index (κ1) is 9.61. The van der Waals surface area contributed by atoms with Crippen molar-refractivity contribution in [2.75, 3.05) is 6.54 Å². The number of nitro groups is 1. The Labute approximate surface area is 89.6 Å². The molecule has 1 aromatic carbocycles. The minimum absolute atomic E-state index is 0.232. The van der Waals surface area contributed by atoms with E-state index >= 15 is 0 Å². The number of nitrogens with zero attached hydrogens (tertiary/aromatic N) is 1. The van der Waals surface area contributed by atoms with Crippen LogP contribution in [0.5, 0.6) is 0 Å². The molecule has 1 aliphatic heterocycles. The topological polar surface area (TPSA) is 55.2 Å². The molecule has 14 heavy (non-hydrogen) atoms. The predicted octanol–water partition coefficient (Wildman–Crippen LogP) is 2.00. The molecule has 0 bridgehead atoms. The van der Waals surface area contributed by atoms with Crippen LogP contribution in [0.25, 0.3) is 0 Å². The molecule has 0 fully saturated rings. The van der Waals surface area contributed by atoms with E-state index in [0.29, 0.717) is 0 Å². The summed E-state index contributed by atoms with van der Waals surface area (Å²) >= 11 is 3.28. The van der Waals surface area contributed by atoms with E-state index in [1.807, 2.05) is 6.07 Å². The van der Waals surface area contributed by atoms with Crippen LogP contribution in [0, 0.1) is 10.1 Å². The summed E-state index contributed by atoms with van der Waals surface area (Å²) in [4.78, 5) is 10.5. The highest BCUT2D eigenvalue weighted by Gasteiger charge is 2.20. The summed E-state index contributed by atoms with van der Waals surface area (Å²) < 4.78 is 0.770. The van der Waals surface area contributed by atoms with Gasteiger partial charge in [0.2, 0.25) is 0 Å². The maximum absolute atomic E-state index is 10.8. The Hall–Kier alpha value is -0.940. The lowest BCUT2D eigenvalue weighted by atomic mass is 9.99. The van der Waals surface area contributed by atoms with Gasteiger partial charge < -0.3 is 5.32 Å². The lowest BCUT2D eigenvalue weighted by Gasteiger charge is -2.16. The smallest absolute Gasteiger partial charge is 0.274 e. The summed E-state index contributed by atoms with van der Waals surface area (Å²) in [5.74, 6) is 0. The molecule has 1 heterocycles. The molecule has 4 nitrogen and oxygen atoms in total. The number of hydrogen-bond acceptors (Lipinski definition) is 3. The van der Waals surface area contributed by atoms with Crippen LogP contribution in [-0.2, 0) is 13.0 Å². The zero-order valence-corrected chi connectivity index (χ0v) is 9.00. The van der Waals surface area contributed by atoms with Crippen LogP contribution in [-0.4, -0.2) is 11.5 Å². The van der Waals surface area contributed by atoms with Crippen molar-refractivity contribution < 1.29 is 4.92 Å². The molecule has 5 heteroatoms. The van der Waals surface area contributed by atoms with E-state index in [9.17, 15) is 10.1 Å². The second-order valence-corrected chi connectivity index (χ2v) is 4.16. The molecule has 0 aliphatic carbocycles. The van der Waals surface area contributed by atoms with Gasteiger partial charge in [0, 0.05) is 22.6 Å². The Kier molecular flexibility index (Phi) is 2.52. The Balaban J connectivity index is 2.58. The van der Waals surface area contributed by atoms with E-state index in [1.165, 1.54) is 0 Å². The summed E-state index contributed by atoms with van der Waals surface area (Å²) in [6.07, 6.45) is 0.735. The zero-order valence-electron chi connectivity index (χ0n) is 7.42. The van der Waals surface area contributed by atoms with Gasteiger partial charge in [-0.1, -0.05) is 15.9 Å². The molecule has 0 saturated heterocycles. The summed E-state index contributed by atoms with van der Waals surface area (Å²) in [5.41, 5.74) is 2.13. The SMILES string of the molecule is O=[N+]([O-])c1cc(Br)cc2c1CCNC2. The first-order chi connectivity index (χ1) is 6.68. The summed E-state index contributed by atoms with van der Waals surface area (Å²) in [5, 5.41) is 14.0. The van der Waals surface area contributed by atoms with Crippen molar-refractivity contribution in [2.24, 2.45) is 0 Å². The zero-order chi connectivity index (χ0) is 10.1. The van der Waals surface area contributed by atoms with Crippen molar-refractivity contribution >= 4 is 21.6 Å². The molecular weight excluding hydrogens is 248 g/mol. The molecule has 0 amide bonds. The third-order valence-electron chi connectivity index (χ3n) is 2.35. The van der Waals surface area contributed by atoms with Gasteiger partial charge in [-0.3, -0.25) is 10.1 Å². The Morgan fingerprint density at radius 3 is 3.00 bits per heavy atom. The third-order valence-corrected chi connectivity index (χ3v) is 2.81. The fraction of sp³-hybridized carbons (Fsp3) is 0.333. The van der Waals surface area contributed by atoms with Crippen molar-refractivity contribution in [3.63, 3.8) is 0 Å². The highest BCUT2D eigenvalue weighted by molar-refractivity contribution is 9.10. The van der Waals surface area contributed by atoms with Gasteiger partial charge >= 0.3 is 0 Å². The second kappa shape index (κ2) is 3.67. The Morgan fingerprint density at radius 1 is 1.50 bits per heavy atom. The number of hydrogen-bond donors (Lipinski definition) is 1. The second-order valence-electron chi connectivity index (χ2n) is 3.25. The van der Waals surface area contributed by atoms with Crippen molar-refractivity contribution in [1.82, 2.24) is 5.32 Å². The van der Waals surface area contributed by atoms with Gasteiger partial charge in [0.1, 0.15) is 0 Å². The van der Waals surface area contributed by atoms with Crippen LogP contribution in [0.2, 0.25) is 0 Å². The number of benzene rings is 1. The molecule has 74 valence electrons. The van der Waals surface area contributed by atoms with Crippen LogP contribution in [0.4, 0.5) is 5.69 Å². The first-order valence-corrected chi connectivity index (χ1v) is 5.14. The van der Waals surface area contributed by atoms with Gasteiger partial charge in [0.25, 0.3) is 5.69 Å². The average molecular weight is 257 g/mol. The van der Waals surface area contributed by atoms with E-state index in [4.69, 9.17) is 0 Å². The molecule has 0 aromatic heterocycles. The van der Waals surface area contributed by atoms with Crippen molar-refractivity contribution in [2.45, 2.75) is 13.0 Å². The monoisotopic (exact) mass is 256 g/mol. The normalized spacial score (nSPS) is 14.9. The fourth-order valence-electron chi connectivity index (χ4n) is 1.72. The van der Waals surface area contributed by atoms with Crippen LogP contribution in [0.15, 0.2) is 16.6 Å². The molecule has 0 unspecified atom stereocenters. The fourth-order valence-corrected chi connectivity index (χ4v) is 2.22. The molecule has 0 atom stereocenters. The molecular formula is C9H9BrN2O2. The standard InChI is InChI=1S/C9H9BrN2O2/c10-7-3-6-5-11-2-1-8(6)9(4-7)12(13)14/h3-4,11H,1-2,5H2. The molecule has 2 rings (SSSR count). The van der Waals surface area contributed by atoms with E-state index in [0.717, 1.165) is 35.1 Å². The van der Waals surface area contributed by atoms with E-state index < -0.39 is 0 Å². The molecule has 0 spiro atoms. The van der Waals surface area contributed by atoms with Gasteiger partial charge in [-0.2, -0.15) is 0 Å². The van der Waals surface area contributed by atoms with Crippen LogP contribution >= 0.6 is 15.9 Å². The minimum atomic E-state index is -0.311. The number of nitro benzene ring substituents is 1. The predicted molar refractivity (Wildman–Crippen MR) is 56.2 cm³/mol. The van der Waals surface area contributed by atoms with Crippen LogP contribution in [0.3, 0.4) is 0 Å². The quantitative estimate of drug-likeness (QED) is 0.618. The maximum atomic E-state index is 10.8. The molecule has 1 aliphatic rings. The molecule has 1 aromatic rings. The summed E-state index contributed by atoms with van der Waals surface area (Å²) in [6, 6.07) is 3.51. The first-order valence-electron chi connectivity index (χ1n) is 4.35. The van der Waals surface area contributed by atoms with Gasteiger partial charge in [0.05, 0.1) is 4.92 Å². The van der Waals surface area contributed by atoms with Gasteiger partial charge in [0.15, 0.2) is 0 Å². The minimum Gasteiger partial charge on any atom is -0.312 e. The van der Waals surface area contributed by atoms with E-state index in [-0.39, 0.29) is 10.6 Å². The summed E-state index contributed by atoms with van der Waals surface area (Å²) in [7, 11) is 0. The Morgan fingerprint density at radius 2 is 2.29 bits per heavy atom. The third kappa shape index (κ3) is 1.65. The Bertz CT molecular complexity index is 393. The molecule has 0 radical (unpaired) electrons. The van der Waals surface area contributed by atoms with Crippen molar-refractivity contribution in [1.29, 1.82) is 0 Å². The number of halogens is 1. The highest BCUT2D eigenvalue weighted by atomic mass is 79.9. The van der Waals surface area contributed by atoms with E-state index in [2.05, 4.69) is 21.2 Å². The lowest BCUT2D eigenvalue weighted by Crippen LogP contribution is -2.24. The highest BCUT2D eigenvalue weighted by Crippen LogP contribution is 2.29. The maximum Gasteiger partial charge on any atom is 0.274 e. The van der Waals surface area contributed by atoms with Crippen LogP contribution < -0.4 is 5.32 Å². The van der Waals surface area contributed by atoms with Crippen molar-refractivity contribution in [3.05, 3.63) is 37.8 Å². The molecule has 0 saturated carbocycles. The van der Waals surface area contributed by atoms with Crippen molar-refractivity contribution in [3.8, 4) is 0 Å². The average Bonchev–Trinajstić information content (AvgIpc) is 2.16. The number of nitrogens with one attached hydrogen (secondary N) is 1.